The zero-order valence-corrected chi connectivity index (χ0v) is 32.8. The lowest BCUT2D eigenvalue weighted by Gasteiger charge is -2.30. The van der Waals surface area contributed by atoms with Gasteiger partial charge in [-0.3, -0.25) is 0 Å². The standard InChI is InChI=1S/C58H38N2/c1-5-17-43-33-48(29-25-39(43)13-1)59(49-30-26-40-14-2-6-18-44(40)34-49)56-37-47-38-57(53-22-10-12-24-55(53)58(47)54-23-11-9-21-52(54)56)60(50-31-27-41-15-3-7-19-45(41)35-50)51-32-28-42-16-4-8-20-46(42)36-51/h1-38H. The normalized spacial score (nSPS) is 11.7. The second-order valence-corrected chi connectivity index (χ2v) is 15.8. The molecule has 0 unspecified atom stereocenters. The monoisotopic (exact) mass is 762 g/mol. The fraction of sp³-hybridized carbons (Fsp3) is 0. The average molecular weight is 763 g/mol. The van der Waals surface area contributed by atoms with Gasteiger partial charge in [0.15, 0.2) is 0 Å². The minimum Gasteiger partial charge on any atom is -0.310 e. The first kappa shape index (κ1) is 34.1. The van der Waals surface area contributed by atoms with Gasteiger partial charge in [-0.2, -0.15) is 0 Å². The molecule has 0 N–H and O–H groups in total. The van der Waals surface area contributed by atoms with Crippen LogP contribution in [0.5, 0.6) is 0 Å². The largest absolute Gasteiger partial charge is 0.310 e. The van der Waals surface area contributed by atoms with Crippen molar-refractivity contribution in [3.63, 3.8) is 0 Å². The van der Waals surface area contributed by atoms with E-state index in [0.29, 0.717) is 0 Å². The molecule has 0 aliphatic rings. The van der Waals surface area contributed by atoms with E-state index in [2.05, 4.69) is 240 Å². The summed E-state index contributed by atoms with van der Waals surface area (Å²) in [7, 11) is 0. The summed E-state index contributed by atoms with van der Waals surface area (Å²) in [5.41, 5.74) is 6.72. The SMILES string of the molecule is c1ccc2cc(N(c3ccc4ccccc4c3)c3cc4cc(N(c5ccc6ccccc6c5)c5ccc6ccccc6c5)c5ccccc5c4c4ccccc34)ccc2c1. The third-order valence-electron chi connectivity index (χ3n) is 12.3. The van der Waals surface area contributed by atoms with Crippen molar-refractivity contribution in [2.75, 3.05) is 9.80 Å². The van der Waals surface area contributed by atoms with Crippen LogP contribution in [0.3, 0.4) is 0 Å². The lowest BCUT2D eigenvalue weighted by Crippen LogP contribution is -2.12. The van der Waals surface area contributed by atoms with E-state index < -0.39 is 0 Å². The van der Waals surface area contributed by atoms with E-state index in [9.17, 15) is 0 Å². The molecule has 0 radical (unpaired) electrons. The van der Waals surface area contributed by atoms with E-state index in [1.54, 1.807) is 0 Å². The summed E-state index contributed by atoms with van der Waals surface area (Å²) in [5.74, 6) is 0. The Morgan fingerprint density at radius 1 is 0.200 bits per heavy atom. The molecule has 12 aromatic rings. The van der Waals surface area contributed by atoms with Gasteiger partial charge in [0, 0.05) is 33.5 Å². The third-order valence-corrected chi connectivity index (χ3v) is 12.3. The maximum absolute atomic E-state index is 2.46. The topological polar surface area (TPSA) is 6.48 Å². The summed E-state index contributed by atoms with van der Waals surface area (Å²) in [6, 6.07) is 84.7. The first-order valence-corrected chi connectivity index (χ1v) is 20.7. The summed E-state index contributed by atoms with van der Waals surface area (Å²) < 4.78 is 0. The van der Waals surface area contributed by atoms with Gasteiger partial charge in [0.25, 0.3) is 0 Å². The number of fused-ring (bicyclic) bond motifs is 9. The number of hydrogen-bond acceptors (Lipinski definition) is 2. The van der Waals surface area contributed by atoms with Gasteiger partial charge in [-0.25, -0.2) is 0 Å². The van der Waals surface area contributed by atoms with E-state index in [4.69, 9.17) is 0 Å². The Bertz CT molecular complexity index is 3250. The molecule has 0 aliphatic carbocycles. The number of benzene rings is 12. The summed E-state index contributed by atoms with van der Waals surface area (Å²) >= 11 is 0. The van der Waals surface area contributed by atoms with Crippen molar-refractivity contribution in [2.45, 2.75) is 0 Å². The fourth-order valence-electron chi connectivity index (χ4n) is 9.43. The smallest absolute Gasteiger partial charge is 0.0546 e. The molecule has 0 bridgehead atoms. The average Bonchev–Trinajstić information content (AvgIpc) is 3.31. The molecular formula is C58H38N2. The lowest BCUT2D eigenvalue weighted by molar-refractivity contribution is 1.31. The summed E-state index contributed by atoms with van der Waals surface area (Å²) in [6.07, 6.45) is 0. The number of anilines is 6. The van der Waals surface area contributed by atoms with Crippen LogP contribution in [0.1, 0.15) is 0 Å². The van der Waals surface area contributed by atoms with Gasteiger partial charge >= 0.3 is 0 Å². The van der Waals surface area contributed by atoms with E-state index in [0.717, 1.165) is 34.1 Å². The van der Waals surface area contributed by atoms with E-state index >= 15 is 0 Å². The first-order chi connectivity index (χ1) is 29.7. The van der Waals surface area contributed by atoms with Crippen LogP contribution in [-0.4, -0.2) is 0 Å². The van der Waals surface area contributed by atoms with Crippen LogP contribution in [0.15, 0.2) is 231 Å². The van der Waals surface area contributed by atoms with Crippen molar-refractivity contribution in [3.8, 4) is 0 Å². The van der Waals surface area contributed by atoms with Gasteiger partial charge in [0.2, 0.25) is 0 Å². The highest BCUT2D eigenvalue weighted by molar-refractivity contribution is 6.26. The van der Waals surface area contributed by atoms with Crippen LogP contribution in [0.25, 0.3) is 75.4 Å². The molecule has 0 aliphatic heterocycles. The van der Waals surface area contributed by atoms with Crippen molar-refractivity contribution in [2.24, 2.45) is 0 Å². The van der Waals surface area contributed by atoms with Crippen LogP contribution in [0.2, 0.25) is 0 Å². The molecule has 2 nitrogen and oxygen atoms in total. The molecule has 12 aromatic carbocycles. The van der Waals surface area contributed by atoms with E-state index in [-0.39, 0.29) is 0 Å². The molecular weight excluding hydrogens is 725 g/mol. The van der Waals surface area contributed by atoms with Crippen molar-refractivity contribution in [1.29, 1.82) is 0 Å². The molecule has 0 saturated carbocycles. The molecule has 280 valence electrons. The maximum atomic E-state index is 2.46. The Morgan fingerprint density at radius 3 is 0.783 bits per heavy atom. The van der Waals surface area contributed by atoms with Crippen LogP contribution in [0.4, 0.5) is 34.1 Å². The Hall–Kier alpha value is -7.94. The second kappa shape index (κ2) is 13.9. The minimum absolute atomic E-state index is 1.11. The van der Waals surface area contributed by atoms with Crippen molar-refractivity contribution >= 4 is 110 Å². The third kappa shape index (κ3) is 5.65. The predicted molar refractivity (Wildman–Crippen MR) is 258 cm³/mol. The van der Waals surface area contributed by atoms with Gasteiger partial charge in [-0.05, 0) is 125 Å². The fourth-order valence-corrected chi connectivity index (χ4v) is 9.43. The van der Waals surface area contributed by atoms with Gasteiger partial charge in [-0.1, -0.05) is 170 Å². The Kier molecular flexibility index (Phi) is 7.89. The number of hydrogen-bond donors (Lipinski definition) is 0. The number of nitrogens with zero attached hydrogens (tertiary/aromatic N) is 2. The summed E-state index contributed by atoms with van der Waals surface area (Å²) in [6.45, 7) is 0. The zero-order chi connectivity index (χ0) is 39.6. The van der Waals surface area contributed by atoms with Crippen LogP contribution in [-0.2, 0) is 0 Å². The van der Waals surface area contributed by atoms with Crippen molar-refractivity contribution < 1.29 is 0 Å². The highest BCUT2D eigenvalue weighted by atomic mass is 15.2. The summed E-state index contributed by atoms with van der Waals surface area (Å²) in [4.78, 5) is 4.92. The van der Waals surface area contributed by atoms with Crippen LogP contribution >= 0.6 is 0 Å². The van der Waals surface area contributed by atoms with Gasteiger partial charge < -0.3 is 9.80 Å². The molecule has 0 heterocycles. The molecule has 0 spiro atoms. The quantitative estimate of drug-likeness (QED) is 0.156. The van der Waals surface area contributed by atoms with Crippen LogP contribution in [0, 0.1) is 0 Å². The van der Waals surface area contributed by atoms with Gasteiger partial charge in [0.05, 0.1) is 11.4 Å². The Balaban J connectivity index is 1.17. The molecule has 12 rings (SSSR count). The minimum atomic E-state index is 1.11. The van der Waals surface area contributed by atoms with E-state index in [1.165, 1.54) is 75.4 Å². The van der Waals surface area contributed by atoms with Gasteiger partial charge in [0.1, 0.15) is 0 Å². The predicted octanol–water partition coefficient (Wildman–Crippen LogP) is 16.7. The Labute approximate surface area is 348 Å². The highest BCUT2D eigenvalue weighted by Crippen LogP contribution is 2.48. The molecule has 0 fully saturated rings. The lowest BCUT2D eigenvalue weighted by atomic mass is 9.92. The van der Waals surface area contributed by atoms with Gasteiger partial charge in [-0.15, -0.1) is 0 Å². The second-order valence-electron chi connectivity index (χ2n) is 15.8. The number of rotatable bonds is 6. The summed E-state index contributed by atoms with van der Waals surface area (Å²) in [5, 5.41) is 17.0. The Morgan fingerprint density at radius 2 is 0.467 bits per heavy atom. The highest BCUT2D eigenvalue weighted by Gasteiger charge is 2.23. The zero-order valence-electron chi connectivity index (χ0n) is 32.8. The first-order valence-electron chi connectivity index (χ1n) is 20.7. The molecule has 60 heavy (non-hydrogen) atoms. The molecule has 0 aromatic heterocycles. The molecule has 2 heteroatoms. The van der Waals surface area contributed by atoms with Crippen molar-refractivity contribution in [1.82, 2.24) is 0 Å². The van der Waals surface area contributed by atoms with Crippen LogP contribution < -0.4 is 9.80 Å². The maximum Gasteiger partial charge on any atom is 0.0546 e. The molecule has 0 atom stereocenters. The molecule has 0 saturated heterocycles. The van der Waals surface area contributed by atoms with E-state index in [1.807, 2.05) is 0 Å². The van der Waals surface area contributed by atoms with Crippen molar-refractivity contribution in [3.05, 3.63) is 231 Å². The molecule has 0 amide bonds.